The van der Waals surface area contributed by atoms with Crippen LogP contribution in [0.3, 0.4) is 0 Å². The van der Waals surface area contributed by atoms with Crippen LogP contribution in [0.4, 0.5) is 19.1 Å². The summed E-state index contributed by atoms with van der Waals surface area (Å²) in [5.74, 6) is 0.484. The number of hydrogen-bond acceptors (Lipinski definition) is 7. The zero-order valence-corrected chi connectivity index (χ0v) is 16.4. The molecule has 0 atom stereocenters. The van der Waals surface area contributed by atoms with Gasteiger partial charge in [-0.15, -0.1) is 0 Å². The topological polar surface area (TPSA) is 97.3 Å². The number of benzene rings is 1. The normalized spacial score (nSPS) is 15.4. The summed E-state index contributed by atoms with van der Waals surface area (Å²) in [7, 11) is -2.82. The lowest BCUT2D eigenvalue weighted by atomic mass is 10.1. The Bertz CT molecular complexity index is 963. The summed E-state index contributed by atoms with van der Waals surface area (Å²) in [6.07, 6.45) is -1.55. The summed E-state index contributed by atoms with van der Waals surface area (Å²) in [5.41, 5.74) is -1.05. The highest BCUT2D eigenvalue weighted by Crippen LogP contribution is 2.30. The molecule has 8 nitrogen and oxygen atoms in total. The van der Waals surface area contributed by atoms with Crippen LogP contribution in [0, 0.1) is 0 Å². The summed E-state index contributed by atoms with van der Waals surface area (Å²) >= 11 is 0. The van der Waals surface area contributed by atoms with Crippen molar-refractivity contribution in [1.29, 1.82) is 0 Å². The number of piperidine rings is 1. The van der Waals surface area contributed by atoms with Gasteiger partial charge < -0.3 is 9.64 Å². The van der Waals surface area contributed by atoms with E-state index in [2.05, 4.69) is 19.7 Å². The van der Waals surface area contributed by atoms with Crippen molar-refractivity contribution in [3.05, 3.63) is 35.7 Å². The van der Waals surface area contributed by atoms with Crippen molar-refractivity contribution in [3.63, 3.8) is 0 Å². The zero-order chi connectivity index (χ0) is 21.1. The number of sulfonamides is 1. The molecule has 0 saturated carbocycles. The Hall–Kier alpha value is -2.47. The SMILES string of the molecule is COc1nc(CNS(=O)(=O)c2cccc(C(F)(F)F)c2)nc(N2CCCCC2)n1. The van der Waals surface area contributed by atoms with Gasteiger partial charge in [0.25, 0.3) is 0 Å². The highest BCUT2D eigenvalue weighted by Gasteiger charge is 2.31. The molecule has 0 radical (unpaired) electrons. The Morgan fingerprint density at radius 3 is 2.52 bits per heavy atom. The fourth-order valence-electron chi connectivity index (χ4n) is 2.87. The van der Waals surface area contributed by atoms with Crippen molar-refractivity contribution in [2.24, 2.45) is 0 Å². The number of rotatable bonds is 6. The summed E-state index contributed by atoms with van der Waals surface area (Å²) < 4.78 is 70.7. The van der Waals surface area contributed by atoms with Crippen LogP contribution in [0.15, 0.2) is 29.2 Å². The Balaban J connectivity index is 1.79. The first-order valence-electron chi connectivity index (χ1n) is 8.90. The molecule has 0 aliphatic carbocycles. The summed E-state index contributed by atoms with van der Waals surface area (Å²) in [6, 6.07) is 3.55. The minimum atomic E-state index is -4.64. The number of ether oxygens (including phenoxy) is 1. The monoisotopic (exact) mass is 431 g/mol. The molecule has 2 heterocycles. The third-order valence-electron chi connectivity index (χ3n) is 4.36. The van der Waals surface area contributed by atoms with Gasteiger partial charge in [0.1, 0.15) is 0 Å². The molecule has 3 rings (SSSR count). The molecule has 1 N–H and O–H groups in total. The molecule has 12 heteroatoms. The fraction of sp³-hybridized carbons (Fsp3) is 0.471. The van der Waals surface area contributed by atoms with Gasteiger partial charge in [-0.1, -0.05) is 6.07 Å². The van der Waals surface area contributed by atoms with Gasteiger partial charge >= 0.3 is 12.2 Å². The van der Waals surface area contributed by atoms with Gasteiger partial charge in [0.2, 0.25) is 16.0 Å². The predicted octanol–water partition coefficient (Wildman–Crippen LogP) is 2.37. The number of nitrogens with one attached hydrogen (secondary N) is 1. The molecule has 0 spiro atoms. The molecule has 1 aromatic carbocycles. The van der Waals surface area contributed by atoms with Crippen molar-refractivity contribution >= 4 is 16.0 Å². The molecule has 1 aromatic heterocycles. The lowest BCUT2D eigenvalue weighted by Crippen LogP contribution is -2.32. The molecule has 1 fully saturated rings. The zero-order valence-electron chi connectivity index (χ0n) is 15.6. The van der Waals surface area contributed by atoms with Crippen LogP contribution >= 0.6 is 0 Å². The van der Waals surface area contributed by atoms with Crippen LogP contribution in [0.5, 0.6) is 6.01 Å². The number of alkyl halides is 3. The first-order valence-corrected chi connectivity index (χ1v) is 10.4. The second-order valence-corrected chi connectivity index (χ2v) is 8.20. The minimum Gasteiger partial charge on any atom is -0.467 e. The maximum absolute atomic E-state index is 12.9. The third kappa shape index (κ3) is 5.32. The molecule has 1 aliphatic heterocycles. The molecule has 1 saturated heterocycles. The minimum absolute atomic E-state index is 0.0360. The Kier molecular flexibility index (Phi) is 6.22. The number of anilines is 1. The second-order valence-electron chi connectivity index (χ2n) is 6.44. The molecule has 29 heavy (non-hydrogen) atoms. The van der Waals surface area contributed by atoms with E-state index in [9.17, 15) is 21.6 Å². The Labute approximate surface area is 166 Å². The van der Waals surface area contributed by atoms with E-state index in [1.807, 2.05) is 4.90 Å². The number of aromatic nitrogens is 3. The maximum Gasteiger partial charge on any atom is 0.416 e. The van der Waals surface area contributed by atoms with Crippen molar-refractivity contribution in [3.8, 4) is 6.01 Å². The van der Waals surface area contributed by atoms with E-state index in [0.717, 1.165) is 50.6 Å². The third-order valence-corrected chi connectivity index (χ3v) is 5.76. The summed E-state index contributed by atoms with van der Waals surface area (Å²) in [5, 5.41) is 0. The van der Waals surface area contributed by atoms with E-state index < -0.39 is 26.7 Å². The summed E-state index contributed by atoms with van der Waals surface area (Å²) in [6.45, 7) is 1.21. The fourth-order valence-corrected chi connectivity index (χ4v) is 3.90. The van der Waals surface area contributed by atoms with Gasteiger partial charge in [0.05, 0.1) is 24.1 Å². The number of methoxy groups -OCH3 is 1. The van der Waals surface area contributed by atoms with Gasteiger partial charge in [0, 0.05) is 13.1 Å². The average molecular weight is 431 g/mol. The molecular weight excluding hydrogens is 411 g/mol. The second kappa shape index (κ2) is 8.49. The molecular formula is C17H20F3N5O3S. The maximum atomic E-state index is 12.9. The highest BCUT2D eigenvalue weighted by atomic mass is 32.2. The highest BCUT2D eigenvalue weighted by molar-refractivity contribution is 7.89. The van der Waals surface area contributed by atoms with E-state index in [-0.39, 0.29) is 18.4 Å². The molecule has 0 amide bonds. The van der Waals surface area contributed by atoms with Gasteiger partial charge in [-0.3, -0.25) is 0 Å². The van der Waals surface area contributed by atoms with Gasteiger partial charge in [0.15, 0.2) is 5.82 Å². The van der Waals surface area contributed by atoms with Crippen LogP contribution in [0.25, 0.3) is 0 Å². The Morgan fingerprint density at radius 2 is 1.86 bits per heavy atom. The van der Waals surface area contributed by atoms with E-state index >= 15 is 0 Å². The van der Waals surface area contributed by atoms with Crippen molar-refractivity contribution < 1.29 is 26.3 Å². The number of nitrogens with zero attached hydrogens (tertiary/aromatic N) is 4. The van der Waals surface area contributed by atoms with Crippen LogP contribution in [-0.2, 0) is 22.7 Å². The van der Waals surface area contributed by atoms with Gasteiger partial charge in [-0.05, 0) is 37.5 Å². The van der Waals surface area contributed by atoms with Crippen LogP contribution in [0.2, 0.25) is 0 Å². The lowest BCUT2D eigenvalue weighted by molar-refractivity contribution is -0.137. The standard InChI is InChI=1S/C17H20F3N5O3S/c1-28-16-23-14(22-15(24-16)25-8-3-2-4-9-25)11-21-29(26,27)13-7-5-6-12(10-13)17(18,19)20/h5-7,10,21H,2-4,8-9,11H2,1H3. The summed E-state index contributed by atoms with van der Waals surface area (Å²) in [4.78, 5) is 14.0. The Morgan fingerprint density at radius 1 is 1.14 bits per heavy atom. The molecule has 158 valence electrons. The van der Waals surface area contributed by atoms with E-state index in [1.54, 1.807) is 0 Å². The van der Waals surface area contributed by atoms with E-state index in [1.165, 1.54) is 7.11 Å². The van der Waals surface area contributed by atoms with Crippen LogP contribution in [-0.4, -0.2) is 43.6 Å². The largest absolute Gasteiger partial charge is 0.467 e. The van der Waals surface area contributed by atoms with Crippen molar-refractivity contribution in [1.82, 2.24) is 19.7 Å². The quantitative estimate of drug-likeness (QED) is 0.750. The number of halogens is 3. The first-order chi connectivity index (χ1) is 13.7. The average Bonchev–Trinajstić information content (AvgIpc) is 2.72. The lowest BCUT2D eigenvalue weighted by Gasteiger charge is -2.26. The molecule has 2 aromatic rings. The smallest absolute Gasteiger partial charge is 0.416 e. The van der Waals surface area contributed by atoms with Gasteiger partial charge in [-0.25, -0.2) is 13.1 Å². The van der Waals surface area contributed by atoms with Crippen molar-refractivity contribution in [2.45, 2.75) is 36.9 Å². The van der Waals surface area contributed by atoms with Crippen LogP contribution in [0.1, 0.15) is 30.7 Å². The van der Waals surface area contributed by atoms with Crippen molar-refractivity contribution in [2.75, 3.05) is 25.1 Å². The predicted molar refractivity (Wildman–Crippen MR) is 97.9 cm³/mol. The van der Waals surface area contributed by atoms with E-state index in [0.29, 0.717) is 12.0 Å². The molecule has 1 aliphatic rings. The first kappa shape index (κ1) is 21.2. The van der Waals surface area contributed by atoms with E-state index in [4.69, 9.17) is 4.74 Å². The molecule has 0 bridgehead atoms. The molecule has 0 unspecified atom stereocenters. The van der Waals surface area contributed by atoms with Gasteiger partial charge in [-0.2, -0.15) is 28.1 Å². The number of hydrogen-bond donors (Lipinski definition) is 1. The van der Waals surface area contributed by atoms with Crippen LogP contribution < -0.4 is 14.4 Å².